The highest BCUT2D eigenvalue weighted by Crippen LogP contribution is 2.33. The van der Waals surface area contributed by atoms with Gasteiger partial charge in [-0.3, -0.25) is 0 Å². The summed E-state index contributed by atoms with van der Waals surface area (Å²) in [6, 6.07) is 7.15. The van der Waals surface area contributed by atoms with E-state index in [2.05, 4.69) is 30.4 Å². The van der Waals surface area contributed by atoms with Crippen molar-refractivity contribution in [1.82, 2.24) is 5.32 Å². The average Bonchev–Trinajstić information content (AvgIpc) is 3.12. The van der Waals surface area contributed by atoms with E-state index in [4.69, 9.17) is 9.47 Å². The molecule has 2 aliphatic rings. The molecule has 0 aromatic heterocycles. The van der Waals surface area contributed by atoms with Crippen molar-refractivity contribution in [2.24, 2.45) is 5.92 Å². The van der Waals surface area contributed by atoms with Crippen molar-refractivity contribution >= 4 is 0 Å². The van der Waals surface area contributed by atoms with Gasteiger partial charge in [-0.1, -0.05) is 13.0 Å². The number of hydrogen-bond donors (Lipinski definition) is 1. The predicted octanol–water partition coefficient (Wildman–Crippen LogP) is 3.09. The maximum absolute atomic E-state index is 5.93. The molecule has 1 N–H and O–H groups in total. The van der Waals surface area contributed by atoms with Crippen LogP contribution in [0.3, 0.4) is 0 Å². The van der Waals surface area contributed by atoms with Crippen LogP contribution >= 0.6 is 0 Å². The molecule has 1 aromatic carbocycles. The van der Waals surface area contributed by atoms with Crippen molar-refractivity contribution in [3.8, 4) is 5.75 Å². The summed E-state index contributed by atoms with van der Waals surface area (Å²) in [5, 5.41) is 3.63. The first-order valence-corrected chi connectivity index (χ1v) is 7.93. The molecule has 2 unspecified atom stereocenters. The fraction of sp³-hybridized carbons (Fsp3) is 0.647. The summed E-state index contributed by atoms with van der Waals surface area (Å²) in [4.78, 5) is 0. The molecule has 1 aromatic rings. The second kappa shape index (κ2) is 6.59. The van der Waals surface area contributed by atoms with Gasteiger partial charge in [0, 0.05) is 18.6 Å². The second-order valence-corrected chi connectivity index (χ2v) is 5.95. The highest BCUT2D eigenvalue weighted by atomic mass is 16.5. The fourth-order valence-corrected chi connectivity index (χ4v) is 3.14. The Morgan fingerprint density at radius 3 is 3.10 bits per heavy atom. The van der Waals surface area contributed by atoms with Gasteiger partial charge in [-0.05, 0) is 55.5 Å². The summed E-state index contributed by atoms with van der Waals surface area (Å²) < 4.78 is 11.3. The van der Waals surface area contributed by atoms with Crippen LogP contribution in [0.2, 0.25) is 0 Å². The van der Waals surface area contributed by atoms with Crippen molar-refractivity contribution in [1.29, 1.82) is 0 Å². The predicted molar refractivity (Wildman–Crippen MR) is 80.2 cm³/mol. The van der Waals surface area contributed by atoms with Crippen molar-refractivity contribution in [3.63, 3.8) is 0 Å². The molecule has 1 fully saturated rings. The van der Waals surface area contributed by atoms with Crippen molar-refractivity contribution < 1.29 is 9.47 Å². The van der Waals surface area contributed by atoms with E-state index in [0.717, 1.165) is 38.5 Å². The standard InChI is InChI=1S/C17H25NO2/c1-2-8-18-17-6-3-14-10-15(4-5-16(14)17)20-12-13-7-9-19-11-13/h4-5,10,13,17-18H,2-3,6-9,11-12H2,1H3. The monoisotopic (exact) mass is 275 g/mol. The first kappa shape index (κ1) is 13.9. The largest absolute Gasteiger partial charge is 0.493 e. The number of benzene rings is 1. The lowest BCUT2D eigenvalue weighted by Gasteiger charge is -2.14. The third kappa shape index (κ3) is 3.15. The van der Waals surface area contributed by atoms with E-state index >= 15 is 0 Å². The molecule has 1 aliphatic carbocycles. The van der Waals surface area contributed by atoms with Crippen LogP contribution in [0.1, 0.15) is 43.4 Å². The molecule has 3 rings (SSSR count). The zero-order valence-corrected chi connectivity index (χ0v) is 12.4. The van der Waals surface area contributed by atoms with Gasteiger partial charge in [-0.15, -0.1) is 0 Å². The van der Waals surface area contributed by atoms with Crippen molar-refractivity contribution in [2.45, 2.75) is 38.6 Å². The Balaban J connectivity index is 1.58. The van der Waals surface area contributed by atoms with E-state index < -0.39 is 0 Å². The zero-order valence-electron chi connectivity index (χ0n) is 12.4. The Morgan fingerprint density at radius 2 is 2.30 bits per heavy atom. The molecule has 1 heterocycles. The molecule has 2 atom stereocenters. The van der Waals surface area contributed by atoms with Crippen molar-refractivity contribution in [2.75, 3.05) is 26.4 Å². The Kier molecular flexibility index (Phi) is 4.58. The summed E-state index contributed by atoms with van der Waals surface area (Å²) in [5.74, 6) is 1.59. The smallest absolute Gasteiger partial charge is 0.119 e. The van der Waals surface area contributed by atoms with Gasteiger partial charge >= 0.3 is 0 Å². The normalized spacial score (nSPS) is 24.9. The molecular weight excluding hydrogens is 250 g/mol. The number of ether oxygens (including phenoxy) is 2. The van der Waals surface area contributed by atoms with E-state index in [1.165, 1.54) is 30.4 Å². The van der Waals surface area contributed by atoms with Crippen LogP contribution in [0, 0.1) is 5.92 Å². The Morgan fingerprint density at radius 1 is 1.35 bits per heavy atom. The lowest BCUT2D eigenvalue weighted by Crippen LogP contribution is -2.19. The number of rotatable bonds is 6. The number of aryl methyl sites for hydroxylation is 1. The number of fused-ring (bicyclic) bond motifs is 1. The Hall–Kier alpha value is -1.06. The number of nitrogens with one attached hydrogen (secondary N) is 1. The van der Waals surface area contributed by atoms with Gasteiger partial charge in [0.1, 0.15) is 5.75 Å². The van der Waals surface area contributed by atoms with E-state index in [9.17, 15) is 0 Å². The van der Waals surface area contributed by atoms with Crippen LogP contribution in [0.5, 0.6) is 5.75 Å². The number of hydrogen-bond acceptors (Lipinski definition) is 3. The molecule has 1 aliphatic heterocycles. The molecule has 0 spiro atoms. The Bertz CT molecular complexity index is 441. The minimum atomic E-state index is 0.544. The minimum absolute atomic E-state index is 0.544. The molecule has 3 heteroatoms. The maximum atomic E-state index is 5.93. The molecule has 110 valence electrons. The quantitative estimate of drug-likeness (QED) is 0.865. The van der Waals surface area contributed by atoms with Gasteiger partial charge < -0.3 is 14.8 Å². The van der Waals surface area contributed by atoms with Crippen LogP contribution in [0.15, 0.2) is 18.2 Å². The van der Waals surface area contributed by atoms with Gasteiger partial charge in [-0.2, -0.15) is 0 Å². The maximum Gasteiger partial charge on any atom is 0.119 e. The third-order valence-electron chi connectivity index (χ3n) is 4.34. The summed E-state index contributed by atoms with van der Waals surface area (Å²) in [6.45, 7) is 5.85. The molecule has 0 radical (unpaired) electrons. The third-order valence-corrected chi connectivity index (χ3v) is 4.34. The minimum Gasteiger partial charge on any atom is -0.493 e. The summed E-state index contributed by atoms with van der Waals surface area (Å²) in [7, 11) is 0. The van der Waals surface area contributed by atoms with Gasteiger partial charge in [0.2, 0.25) is 0 Å². The highest BCUT2D eigenvalue weighted by Gasteiger charge is 2.22. The summed E-state index contributed by atoms with van der Waals surface area (Å²) in [5.41, 5.74) is 2.92. The summed E-state index contributed by atoms with van der Waals surface area (Å²) >= 11 is 0. The lowest BCUT2D eigenvalue weighted by atomic mass is 10.1. The van der Waals surface area contributed by atoms with Gasteiger partial charge in [-0.25, -0.2) is 0 Å². The van der Waals surface area contributed by atoms with E-state index in [-0.39, 0.29) is 0 Å². The van der Waals surface area contributed by atoms with Crippen LogP contribution in [-0.2, 0) is 11.2 Å². The molecule has 1 saturated heterocycles. The van der Waals surface area contributed by atoms with E-state index in [0.29, 0.717) is 12.0 Å². The van der Waals surface area contributed by atoms with Crippen LogP contribution in [0.4, 0.5) is 0 Å². The topological polar surface area (TPSA) is 30.5 Å². The first-order valence-electron chi connectivity index (χ1n) is 7.93. The van der Waals surface area contributed by atoms with E-state index in [1.807, 2.05) is 0 Å². The van der Waals surface area contributed by atoms with Crippen LogP contribution in [-0.4, -0.2) is 26.4 Å². The molecule has 0 saturated carbocycles. The van der Waals surface area contributed by atoms with Gasteiger partial charge in [0.25, 0.3) is 0 Å². The average molecular weight is 275 g/mol. The zero-order chi connectivity index (χ0) is 13.8. The fourth-order valence-electron chi connectivity index (χ4n) is 3.14. The molecule has 0 amide bonds. The Labute approximate surface area is 121 Å². The molecule has 0 bridgehead atoms. The van der Waals surface area contributed by atoms with Gasteiger partial charge in [0.05, 0.1) is 13.2 Å². The van der Waals surface area contributed by atoms with Crippen LogP contribution < -0.4 is 10.1 Å². The first-order chi connectivity index (χ1) is 9.86. The summed E-state index contributed by atoms with van der Waals surface area (Å²) in [6.07, 6.45) is 4.71. The highest BCUT2D eigenvalue weighted by molar-refractivity contribution is 5.40. The van der Waals surface area contributed by atoms with Crippen molar-refractivity contribution in [3.05, 3.63) is 29.3 Å². The molecular formula is C17H25NO2. The van der Waals surface area contributed by atoms with E-state index in [1.54, 1.807) is 0 Å². The van der Waals surface area contributed by atoms with Crippen LogP contribution in [0.25, 0.3) is 0 Å². The lowest BCUT2D eigenvalue weighted by molar-refractivity contribution is 0.167. The molecule has 20 heavy (non-hydrogen) atoms. The van der Waals surface area contributed by atoms with Gasteiger partial charge in [0.15, 0.2) is 0 Å². The second-order valence-electron chi connectivity index (χ2n) is 5.95. The SMILES string of the molecule is CCCNC1CCc2cc(OCC3CCOC3)ccc21. The molecule has 3 nitrogen and oxygen atoms in total.